The number of likely N-dealkylation sites (N-methyl/N-ethyl adjacent to an activating group) is 2. The Bertz CT molecular complexity index is 1730. The van der Waals surface area contributed by atoms with Crippen molar-refractivity contribution in [1.82, 2.24) is 24.4 Å². The van der Waals surface area contributed by atoms with E-state index in [4.69, 9.17) is 19.4 Å². The van der Waals surface area contributed by atoms with Crippen LogP contribution in [0.25, 0.3) is 11.2 Å². The lowest BCUT2D eigenvalue weighted by molar-refractivity contribution is 0.0798. The minimum atomic E-state index is -0.444. The first-order chi connectivity index (χ1) is 20.4. The van der Waals surface area contributed by atoms with E-state index in [-0.39, 0.29) is 12.7 Å². The summed E-state index contributed by atoms with van der Waals surface area (Å²) < 4.78 is 26.6. The van der Waals surface area contributed by atoms with Crippen LogP contribution < -0.4 is 19.7 Å². The van der Waals surface area contributed by atoms with Crippen LogP contribution in [-0.2, 0) is 13.1 Å². The van der Waals surface area contributed by atoms with Crippen LogP contribution in [0.3, 0.4) is 0 Å². The van der Waals surface area contributed by atoms with Gasteiger partial charge in [-0.15, -0.1) is 0 Å². The number of halogens is 1. The number of anilines is 2. The van der Waals surface area contributed by atoms with E-state index in [1.165, 1.54) is 18.2 Å². The summed E-state index contributed by atoms with van der Waals surface area (Å²) >= 11 is 0. The number of carbonyl (C=O) groups excluding carboxylic acids is 1. The molecule has 5 aromatic rings. The highest BCUT2D eigenvalue weighted by atomic mass is 19.1. The third kappa shape index (κ3) is 5.80. The monoisotopic (exact) mass is 567 g/mol. The summed E-state index contributed by atoms with van der Waals surface area (Å²) in [5, 5.41) is 3.43. The molecule has 0 atom stereocenters. The first kappa shape index (κ1) is 27.0. The largest absolute Gasteiger partial charge is 0.454 e. The lowest BCUT2D eigenvalue weighted by Gasteiger charge is -2.23. The Hall–Kier alpha value is -5.19. The summed E-state index contributed by atoms with van der Waals surface area (Å²) in [7, 11) is 3.57. The lowest BCUT2D eigenvalue weighted by atomic mass is 10.2. The third-order valence-electron chi connectivity index (χ3n) is 7.08. The molecule has 3 aromatic carbocycles. The average molecular weight is 568 g/mol. The maximum Gasteiger partial charge on any atom is 0.253 e. The van der Waals surface area contributed by atoms with Crippen molar-refractivity contribution in [2.75, 3.05) is 44.2 Å². The van der Waals surface area contributed by atoms with Crippen molar-refractivity contribution in [2.45, 2.75) is 13.1 Å². The van der Waals surface area contributed by atoms with Gasteiger partial charge in [0.2, 0.25) is 12.7 Å². The van der Waals surface area contributed by atoms with E-state index in [1.807, 2.05) is 52.9 Å². The third-order valence-corrected chi connectivity index (χ3v) is 7.08. The summed E-state index contributed by atoms with van der Waals surface area (Å²) in [5.74, 6) is 1.82. The molecule has 11 heteroatoms. The molecule has 0 fully saturated rings. The van der Waals surface area contributed by atoms with Crippen molar-refractivity contribution in [3.05, 3.63) is 102 Å². The quantitative estimate of drug-likeness (QED) is 0.262. The number of nitrogens with one attached hydrogen (secondary N) is 1. The van der Waals surface area contributed by atoms with Gasteiger partial charge < -0.3 is 29.2 Å². The number of nitrogens with zero attached hydrogens (tertiary/aromatic N) is 6. The number of imidazole rings is 1. The van der Waals surface area contributed by atoms with Crippen molar-refractivity contribution in [3.63, 3.8) is 0 Å². The molecule has 1 aliphatic rings. The normalized spacial score (nSPS) is 12.0. The highest BCUT2D eigenvalue weighted by Crippen LogP contribution is 2.33. The summed E-state index contributed by atoms with van der Waals surface area (Å²) in [6, 6.07) is 21.6. The highest BCUT2D eigenvalue weighted by Gasteiger charge is 2.19. The van der Waals surface area contributed by atoms with Crippen LogP contribution in [0.2, 0.25) is 0 Å². The van der Waals surface area contributed by atoms with E-state index in [1.54, 1.807) is 24.3 Å². The van der Waals surface area contributed by atoms with Crippen LogP contribution in [-0.4, -0.2) is 64.3 Å². The molecule has 0 radical (unpaired) electrons. The topological polar surface area (TPSA) is 97.6 Å². The predicted octanol–water partition coefficient (Wildman–Crippen LogP) is 4.56. The molecule has 1 aliphatic heterocycles. The van der Waals surface area contributed by atoms with Crippen LogP contribution in [0.4, 0.5) is 16.2 Å². The number of benzene rings is 3. The molecule has 3 heterocycles. The van der Waals surface area contributed by atoms with Gasteiger partial charge in [0.25, 0.3) is 5.91 Å². The molecule has 0 saturated heterocycles. The van der Waals surface area contributed by atoms with E-state index in [9.17, 15) is 9.18 Å². The Labute approximate surface area is 242 Å². The van der Waals surface area contributed by atoms with Crippen LogP contribution in [0.15, 0.2) is 79.1 Å². The smallest absolute Gasteiger partial charge is 0.253 e. The molecular weight excluding hydrogens is 537 g/mol. The standard InChI is InChI=1S/C31H30FN7O3/c1-37(30(40)23-9-6-10-24(32)16-23)13-14-38(2)31-35-28(33-17-22-11-12-25-26(15-22)42-20-41-25)27-29(36-31)39(19-34-27)18-21-7-4-3-5-8-21/h3-12,15-16,19H,13-14,17-18,20H2,1-2H3,(H,33,35,36). The number of rotatable bonds is 10. The van der Waals surface area contributed by atoms with Crippen LogP contribution >= 0.6 is 0 Å². The Kier molecular flexibility index (Phi) is 7.54. The van der Waals surface area contributed by atoms with Gasteiger partial charge in [-0.3, -0.25) is 4.79 Å². The number of hydrogen-bond acceptors (Lipinski definition) is 8. The number of carbonyl (C=O) groups is 1. The zero-order chi connectivity index (χ0) is 29.1. The van der Waals surface area contributed by atoms with Gasteiger partial charge in [-0.2, -0.15) is 9.97 Å². The van der Waals surface area contributed by atoms with E-state index < -0.39 is 5.82 Å². The number of aromatic nitrogens is 4. The van der Waals surface area contributed by atoms with E-state index in [2.05, 4.69) is 22.4 Å². The second-order valence-corrected chi connectivity index (χ2v) is 10.1. The summed E-state index contributed by atoms with van der Waals surface area (Å²) in [5.41, 5.74) is 3.77. The minimum Gasteiger partial charge on any atom is -0.454 e. The second-order valence-electron chi connectivity index (χ2n) is 10.1. The number of fused-ring (bicyclic) bond motifs is 2. The zero-order valence-electron chi connectivity index (χ0n) is 23.3. The van der Waals surface area contributed by atoms with Crippen molar-refractivity contribution in [2.24, 2.45) is 0 Å². The molecule has 2 aromatic heterocycles. The fourth-order valence-corrected chi connectivity index (χ4v) is 4.70. The summed E-state index contributed by atoms with van der Waals surface area (Å²) in [6.07, 6.45) is 1.77. The molecule has 6 rings (SSSR count). The van der Waals surface area contributed by atoms with Gasteiger partial charge in [-0.1, -0.05) is 42.5 Å². The maximum absolute atomic E-state index is 13.6. The molecule has 42 heavy (non-hydrogen) atoms. The number of amides is 1. The Morgan fingerprint density at radius 2 is 1.79 bits per heavy atom. The first-order valence-electron chi connectivity index (χ1n) is 13.6. The molecule has 0 aliphatic carbocycles. The Balaban J connectivity index is 1.24. The van der Waals surface area contributed by atoms with Gasteiger partial charge in [0.05, 0.1) is 12.9 Å². The SMILES string of the molecule is CN(CCN(C)c1nc(NCc2ccc3c(c2)OCO3)c2ncn(Cc3ccccc3)c2n1)C(=O)c1cccc(F)c1. The molecule has 1 amide bonds. The maximum atomic E-state index is 13.6. The van der Waals surface area contributed by atoms with Gasteiger partial charge in [0, 0.05) is 39.3 Å². The van der Waals surface area contributed by atoms with Crippen molar-refractivity contribution in [3.8, 4) is 11.5 Å². The highest BCUT2D eigenvalue weighted by molar-refractivity contribution is 5.94. The summed E-state index contributed by atoms with van der Waals surface area (Å²) in [4.78, 5) is 30.6. The van der Waals surface area contributed by atoms with Crippen LogP contribution in [0.5, 0.6) is 11.5 Å². The van der Waals surface area contributed by atoms with Gasteiger partial charge in [0.15, 0.2) is 28.5 Å². The second kappa shape index (κ2) is 11.7. The van der Waals surface area contributed by atoms with Crippen molar-refractivity contribution in [1.29, 1.82) is 0 Å². The lowest BCUT2D eigenvalue weighted by Crippen LogP contribution is -2.35. The minimum absolute atomic E-state index is 0.219. The van der Waals surface area contributed by atoms with Crippen LogP contribution in [0.1, 0.15) is 21.5 Å². The molecule has 0 saturated carbocycles. The molecule has 0 spiro atoms. The predicted molar refractivity (Wildman–Crippen MR) is 157 cm³/mol. The fraction of sp³-hybridized carbons (Fsp3) is 0.226. The number of ether oxygens (including phenoxy) is 2. The molecule has 10 nitrogen and oxygen atoms in total. The zero-order valence-corrected chi connectivity index (χ0v) is 23.3. The Morgan fingerprint density at radius 1 is 0.952 bits per heavy atom. The van der Waals surface area contributed by atoms with Crippen LogP contribution in [0, 0.1) is 5.82 Å². The average Bonchev–Trinajstić information content (AvgIpc) is 3.65. The number of hydrogen-bond donors (Lipinski definition) is 1. The van der Waals surface area contributed by atoms with E-state index in [0.717, 1.165) is 16.9 Å². The molecular formula is C31H30FN7O3. The van der Waals surface area contributed by atoms with Gasteiger partial charge in [0.1, 0.15) is 5.82 Å². The van der Waals surface area contributed by atoms with Gasteiger partial charge >= 0.3 is 0 Å². The van der Waals surface area contributed by atoms with Gasteiger partial charge in [-0.05, 0) is 41.5 Å². The molecule has 0 bridgehead atoms. The molecule has 0 unspecified atom stereocenters. The van der Waals surface area contributed by atoms with Gasteiger partial charge in [-0.25, -0.2) is 9.37 Å². The Morgan fingerprint density at radius 3 is 2.62 bits per heavy atom. The van der Waals surface area contributed by atoms with E-state index in [0.29, 0.717) is 60.4 Å². The van der Waals surface area contributed by atoms with Crippen molar-refractivity contribution >= 4 is 28.8 Å². The van der Waals surface area contributed by atoms with E-state index >= 15 is 0 Å². The fourth-order valence-electron chi connectivity index (χ4n) is 4.70. The molecule has 214 valence electrons. The summed E-state index contributed by atoms with van der Waals surface area (Å²) in [6.45, 7) is 2.15. The molecule has 1 N–H and O–H groups in total. The van der Waals surface area contributed by atoms with Crippen molar-refractivity contribution < 1.29 is 18.7 Å². The first-order valence-corrected chi connectivity index (χ1v) is 13.6.